The second-order valence-electron chi connectivity index (χ2n) is 5.59. The second kappa shape index (κ2) is 5.45. The minimum Gasteiger partial charge on any atom is -0.232 e. The van der Waals surface area contributed by atoms with Gasteiger partial charge in [0.15, 0.2) is 5.82 Å². The van der Waals surface area contributed by atoms with E-state index < -0.39 is 0 Å². The van der Waals surface area contributed by atoms with Gasteiger partial charge in [0.05, 0.1) is 10.2 Å². The average Bonchev–Trinajstić information content (AvgIpc) is 3.26. The highest BCUT2D eigenvalue weighted by Gasteiger charge is 2.24. The fraction of sp³-hybridized carbons (Fsp3) is 0.375. The molecule has 1 aliphatic rings. The third-order valence-electron chi connectivity index (χ3n) is 3.58. The van der Waals surface area contributed by atoms with Gasteiger partial charge >= 0.3 is 0 Å². The molecule has 20 heavy (non-hydrogen) atoms. The van der Waals surface area contributed by atoms with Crippen molar-refractivity contribution in [3.8, 4) is 11.4 Å². The van der Waals surface area contributed by atoms with Gasteiger partial charge in [-0.2, -0.15) is 0 Å². The maximum Gasteiger partial charge on any atom is 0.161 e. The molecule has 4 heteroatoms. The van der Waals surface area contributed by atoms with Gasteiger partial charge in [-0.15, -0.1) is 0 Å². The normalized spacial score (nSPS) is 14.8. The van der Waals surface area contributed by atoms with Crippen molar-refractivity contribution in [3.63, 3.8) is 0 Å². The second-order valence-corrected chi connectivity index (χ2v) is 6.74. The van der Waals surface area contributed by atoms with Crippen LogP contribution in [0.1, 0.15) is 49.8 Å². The van der Waals surface area contributed by atoms with Crippen LogP contribution < -0.4 is 0 Å². The highest BCUT2D eigenvalue weighted by molar-refractivity contribution is 9.10. The molecule has 0 saturated heterocycles. The van der Waals surface area contributed by atoms with E-state index in [1.807, 2.05) is 0 Å². The van der Waals surface area contributed by atoms with Crippen molar-refractivity contribution in [1.82, 2.24) is 9.97 Å². The molecule has 1 saturated carbocycles. The van der Waals surface area contributed by atoms with Gasteiger partial charge in [0.1, 0.15) is 5.15 Å². The first kappa shape index (κ1) is 14.0. The zero-order valence-corrected chi connectivity index (χ0v) is 13.9. The summed E-state index contributed by atoms with van der Waals surface area (Å²) in [7, 11) is 0. The highest BCUT2D eigenvalue weighted by atomic mass is 79.9. The van der Waals surface area contributed by atoms with Gasteiger partial charge in [-0.3, -0.25) is 0 Å². The Balaban J connectivity index is 2.07. The smallest absolute Gasteiger partial charge is 0.161 e. The van der Waals surface area contributed by atoms with Gasteiger partial charge in [-0.05, 0) is 52.2 Å². The summed E-state index contributed by atoms with van der Waals surface area (Å²) < 4.78 is 0.802. The van der Waals surface area contributed by atoms with E-state index in [-0.39, 0.29) is 0 Å². The van der Waals surface area contributed by atoms with Crippen molar-refractivity contribution in [2.45, 2.75) is 38.5 Å². The van der Waals surface area contributed by atoms with Crippen molar-refractivity contribution in [2.24, 2.45) is 0 Å². The molecule has 0 amide bonds. The minimum atomic E-state index is 0.301. The van der Waals surface area contributed by atoms with E-state index in [4.69, 9.17) is 11.6 Å². The van der Waals surface area contributed by atoms with Crippen molar-refractivity contribution in [3.05, 3.63) is 45.1 Å². The molecule has 0 bridgehead atoms. The summed E-state index contributed by atoms with van der Waals surface area (Å²) in [6, 6.07) is 8.51. The summed E-state index contributed by atoms with van der Waals surface area (Å²) in [5.41, 5.74) is 3.39. The van der Waals surface area contributed by atoms with E-state index in [1.54, 1.807) is 0 Å². The molecule has 1 aromatic carbocycles. The van der Waals surface area contributed by atoms with Crippen molar-refractivity contribution < 1.29 is 0 Å². The van der Waals surface area contributed by atoms with Crippen LogP contribution in [0.25, 0.3) is 11.4 Å². The van der Waals surface area contributed by atoms with Crippen molar-refractivity contribution in [1.29, 1.82) is 0 Å². The summed E-state index contributed by atoms with van der Waals surface area (Å²) in [6.45, 7) is 4.21. The summed E-state index contributed by atoms with van der Waals surface area (Å²) in [5, 5.41) is 0.482. The molecule has 2 aromatic rings. The lowest BCUT2D eigenvalue weighted by Gasteiger charge is -2.11. The molecule has 1 fully saturated rings. The number of hydrogen-bond donors (Lipinski definition) is 0. The molecule has 0 radical (unpaired) electrons. The van der Waals surface area contributed by atoms with E-state index in [0.29, 0.717) is 16.9 Å². The largest absolute Gasteiger partial charge is 0.232 e. The predicted octanol–water partition coefficient (Wildman–Crippen LogP) is 5.56. The molecule has 0 aliphatic heterocycles. The van der Waals surface area contributed by atoms with Crippen LogP contribution in [-0.2, 0) is 0 Å². The Labute approximate surface area is 132 Å². The van der Waals surface area contributed by atoms with Crippen LogP contribution in [0.3, 0.4) is 0 Å². The zero-order valence-electron chi connectivity index (χ0n) is 11.5. The average molecular weight is 352 g/mol. The molecule has 0 spiro atoms. The molecule has 1 aromatic heterocycles. The first-order valence-corrected chi connectivity index (χ1v) is 8.06. The number of halogens is 2. The quantitative estimate of drug-likeness (QED) is 0.676. The topological polar surface area (TPSA) is 25.8 Å². The SMILES string of the molecule is CC(C)c1nc(-c2cccc(C3CC3)c2)nc(Cl)c1Br. The van der Waals surface area contributed by atoms with E-state index >= 15 is 0 Å². The summed E-state index contributed by atoms with van der Waals surface area (Å²) >= 11 is 9.71. The first-order chi connectivity index (χ1) is 9.56. The Morgan fingerprint density at radius 1 is 1.25 bits per heavy atom. The maximum atomic E-state index is 6.23. The Hall–Kier alpha value is -0.930. The summed E-state index contributed by atoms with van der Waals surface area (Å²) in [5.74, 6) is 1.74. The van der Waals surface area contributed by atoms with Crippen LogP contribution in [0, 0.1) is 0 Å². The molecule has 104 valence electrons. The van der Waals surface area contributed by atoms with Crippen molar-refractivity contribution in [2.75, 3.05) is 0 Å². The van der Waals surface area contributed by atoms with Crippen LogP contribution in [0.5, 0.6) is 0 Å². The van der Waals surface area contributed by atoms with Crippen LogP contribution in [-0.4, -0.2) is 9.97 Å². The van der Waals surface area contributed by atoms with Gasteiger partial charge in [0.25, 0.3) is 0 Å². The van der Waals surface area contributed by atoms with E-state index in [1.165, 1.54) is 18.4 Å². The van der Waals surface area contributed by atoms with Gasteiger partial charge in [0.2, 0.25) is 0 Å². The monoisotopic (exact) mass is 350 g/mol. The Morgan fingerprint density at radius 2 is 2.00 bits per heavy atom. The fourth-order valence-electron chi connectivity index (χ4n) is 2.30. The molecule has 1 aliphatic carbocycles. The molecule has 0 unspecified atom stereocenters. The molecular weight excluding hydrogens is 336 g/mol. The van der Waals surface area contributed by atoms with Crippen LogP contribution in [0.4, 0.5) is 0 Å². The number of aromatic nitrogens is 2. The van der Waals surface area contributed by atoms with Crippen LogP contribution >= 0.6 is 27.5 Å². The number of hydrogen-bond acceptors (Lipinski definition) is 2. The number of nitrogens with zero attached hydrogens (tertiary/aromatic N) is 2. The Bertz CT molecular complexity index is 651. The molecular formula is C16H16BrClN2. The van der Waals surface area contributed by atoms with Gasteiger partial charge in [0, 0.05) is 5.56 Å². The lowest BCUT2D eigenvalue weighted by molar-refractivity contribution is 0.809. The third kappa shape index (κ3) is 2.75. The standard InChI is InChI=1S/C16H16BrClN2/c1-9(2)14-13(17)15(18)20-16(19-14)12-5-3-4-11(8-12)10-6-7-10/h3-5,8-10H,6-7H2,1-2H3. The molecule has 0 atom stereocenters. The third-order valence-corrected chi connectivity index (χ3v) is 4.86. The molecule has 0 N–H and O–H groups in total. The lowest BCUT2D eigenvalue weighted by atomic mass is 10.1. The lowest BCUT2D eigenvalue weighted by Crippen LogP contribution is -2.00. The van der Waals surface area contributed by atoms with Crippen molar-refractivity contribution >= 4 is 27.5 Å². The van der Waals surface area contributed by atoms with Crippen LogP contribution in [0.2, 0.25) is 5.15 Å². The van der Waals surface area contributed by atoms with Gasteiger partial charge in [-0.25, -0.2) is 9.97 Å². The van der Waals surface area contributed by atoms with E-state index in [2.05, 4.69) is 64.0 Å². The number of rotatable bonds is 3. The predicted molar refractivity (Wildman–Crippen MR) is 86.2 cm³/mol. The fourth-order valence-corrected chi connectivity index (χ4v) is 3.11. The van der Waals surface area contributed by atoms with E-state index in [0.717, 1.165) is 21.6 Å². The summed E-state index contributed by atoms with van der Waals surface area (Å²) in [6.07, 6.45) is 2.59. The molecule has 1 heterocycles. The molecule has 2 nitrogen and oxygen atoms in total. The van der Waals surface area contributed by atoms with E-state index in [9.17, 15) is 0 Å². The van der Waals surface area contributed by atoms with Gasteiger partial charge < -0.3 is 0 Å². The number of benzene rings is 1. The maximum absolute atomic E-state index is 6.23. The first-order valence-electron chi connectivity index (χ1n) is 6.89. The highest BCUT2D eigenvalue weighted by Crippen LogP contribution is 2.41. The zero-order chi connectivity index (χ0) is 14.3. The Kier molecular flexibility index (Phi) is 3.83. The van der Waals surface area contributed by atoms with Gasteiger partial charge in [-0.1, -0.05) is 43.6 Å². The van der Waals surface area contributed by atoms with Crippen LogP contribution in [0.15, 0.2) is 28.7 Å². The Morgan fingerprint density at radius 3 is 2.65 bits per heavy atom. The minimum absolute atomic E-state index is 0.301. The summed E-state index contributed by atoms with van der Waals surface area (Å²) in [4.78, 5) is 9.10. The molecule has 3 rings (SSSR count).